The zero-order chi connectivity index (χ0) is 20.6. The van der Waals surface area contributed by atoms with Gasteiger partial charge in [-0.25, -0.2) is 4.68 Å². The summed E-state index contributed by atoms with van der Waals surface area (Å²) in [6, 6.07) is 15.9. The van der Waals surface area contributed by atoms with E-state index in [-0.39, 0.29) is 5.69 Å². The zero-order valence-electron chi connectivity index (χ0n) is 15.8. The van der Waals surface area contributed by atoms with Gasteiger partial charge in [0.1, 0.15) is 5.69 Å². The van der Waals surface area contributed by atoms with E-state index in [4.69, 9.17) is 5.73 Å². The van der Waals surface area contributed by atoms with E-state index in [0.717, 1.165) is 29.0 Å². The van der Waals surface area contributed by atoms with Crippen molar-refractivity contribution < 1.29 is 4.92 Å². The number of benzene rings is 2. The Kier molecular flexibility index (Phi) is 6.75. The highest BCUT2D eigenvalue weighted by Gasteiger charge is 2.13. The lowest BCUT2D eigenvalue weighted by Crippen LogP contribution is -2.06. The standard InChI is InChI=1S/C20H20N6O2S/c1-2-12-29-20(21)23-22-13-16-14-25(17-6-4-3-5-7-17)24-19(16)15-8-10-18(11-9-15)26(27)28/h3-11,13-14H,2,12H2,1H3,(H2,21,23)/b22-13-. The van der Waals surface area contributed by atoms with E-state index >= 15 is 0 Å². The predicted octanol–water partition coefficient (Wildman–Crippen LogP) is 4.24. The summed E-state index contributed by atoms with van der Waals surface area (Å²) in [5, 5.41) is 24.1. The molecule has 0 aliphatic carbocycles. The fourth-order valence-electron chi connectivity index (χ4n) is 2.54. The van der Waals surface area contributed by atoms with Gasteiger partial charge in [0.2, 0.25) is 0 Å². The van der Waals surface area contributed by atoms with Crippen LogP contribution in [0.2, 0.25) is 0 Å². The molecule has 0 saturated carbocycles. The molecule has 2 N–H and O–H groups in total. The number of amidine groups is 1. The number of nitrogens with two attached hydrogens (primary N) is 1. The van der Waals surface area contributed by atoms with Crippen LogP contribution < -0.4 is 5.73 Å². The molecular formula is C20H20N6O2S. The average Bonchev–Trinajstić information content (AvgIpc) is 3.17. The molecule has 1 heterocycles. The normalized spacial score (nSPS) is 11.8. The molecule has 0 unspecified atom stereocenters. The Balaban J connectivity index is 1.97. The van der Waals surface area contributed by atoms with Gasteiger partial charge in [-0.1, -0.05) is 36.9 Å². The van der Waals surface area contributed by atoms with Crippen LogP contribution >= 0.6 is 11.8 Å². The maximum Gasteiger partial charge on any atom is 0.269 e. The van der Waals surface area contributed by atoms with E-state index in [0.29, 0.717) is 10.9 Å². The number of aromatic nitrogens is 2. The highest BCUT2D eigenvalue weighted by Crippen LogP contribution is 2.25. The molecule has 8 nitrogen and oxygen atoms in total. The molecule has 0 fully saturated rings. The number of hydrogen-bond donors (Lipinski definition) is 1. The first-order valence-electron chi connectivity index (χ1n) is 8.97. The van der Waals surface area contributed by atoms with Crippen molar-refractivity contribution in [2.24, 2.45) is 15.9 Å². The van der Waals surface area contributed by atoms with Gasteiger partial charge in [-0.05, 0) is 30.7 Å². The summed E-state index contributed by atoms with van der Waals surface area (Å²) in [6.45, 7) is 2.07. The van der Waals surface area contributed by atoms with E-state index in [1.807, 2.05) is 36.5 Å². The molecule has 0 atom stereocenters. The maximum atomic E-state index is 10.9. The quantitative estimate of drug-likeness (QED) is 0.272. The second kappa shape index (κ2) is 9.65. The van der Waals surface area contributed by atoms with Crippen molar-refractivity contribution in [3.63, 3.8) is 0 Å². The molecule has 0 saturated heterocycles. The van der Waals surface area contributed by atoms with Crippen LogP contribution in [0.4, 0.5) is 5.69 Å². The summed E-state index contributed by atoms with van der Waals surface area (Å²) in [5.41, 5.74) is 8.84. The van der Waals surface area contributed by atoms with Crippen molar-refractivity contribution >= 4 is 28.8 Å². The Hall–Kier alpha value is -3.46. The molecular weight excluding hydrogens is 388 g/mol. The van der Waals surface area contributed by atoms with Gasteiger partial charge < -0.3 is 5.73 Å². The molecule has 0 bridgehead atoms. The monoisotopic (exact) mass is 408 g/mol. The molecule has 29 heavy (non-hydrogen) atoms. The van der Waals surface area contributed by atoms with Gasteiger partial charge in [0.05, 0.1) is 16.8 Å². The number of non-ortho nitro benzene ring substituents is 1. The first-order chi connectivity index (χ1) is 14.1. The predicted molar refractivity (Wildman–Crippen MR) is 118 cm³/mol. The third-order valence-corrected chi connectivity index (χ3v) is 4.91. The van der Waals surface area contributed by atoms with E-state index < -0.39 is 4.92 Å². The third-order valence-electron chi connectivity index (χ3n) is 3.92. The van der Waals surface area contributed by atoms with E-state index in [9.17, 15) is 10.1 Å². The van der Waals surface area contributed by atoms with Crippen LogP contribution in [-0.4, -0.2) is 31.8 Å². The van der Waals surface area contributed by atoms with Crippen molar-refractivity contribution in [3.8, 4) is 16.9 Å². The van der Waals surface area contributed by atoms with Gasteiger partial charge in [-0.15, -0.1) is 5.10 Å². The lowest BCUT2D eigenvalue weighted by molar-refractivity contribution is -0.384. The molecule has 0 spiro atoms. The molecule has 0 amide bonds. The first kappa shape index (κ1) is 20.3. The second-order valence-electron chi connectivity index (χ2n) is 6.05. The highest BCUT2D eigenvalue weighted by atomic mass is 32.2. The van der Waals surface area contributed by atoms with Crippen LogP contribution in [0.1, 0.15) is 18.9 Å². The number of hydrogen-bond acceptors (Lipinski definition) is 6. The van der Waals surface area contributed by atoms with Crippen LogP contribution in [0, 0.1) is 10.1 Å². The minimum absolute atomic E-state index is 0.0248. The van der Waals surface area contributed by atoms with Crippen molar-refractivity contribution in [2.75, 3.05) is 5.75 Å². The SMILES string of the molecule is CCCS/C(N)=N\N=C/c1cn(-c2ccccc2)nc1-c1ccc([N+](=O)[O-])cc1. The Morgan fingerprint density at radius 1 is 1.24 bits per heavy atom. The van der Waals surface area contributed by atoms with Gasteiger partial charge in [0.25, 0.3) is 5.69 Å². The number of nitro benzene ring substituents is 1. The molecule has 148 valence electrons. The van der Waals surface area contributed by atoms with Gasteiger partial charge in [-0.3, -0.25) is 10.1 Å². The number of thioether (sulfide) groups is 1. The van der Waals surface area contributed by atoms with Crippen molar-refractivity contribution in [1.82, 2.24) is 9.78 Å². The van der Waals surface area contributed by atoms with Crippen LogP contribution in [0.5, 0.6) is 0 Å². The number of para-hydroxylation sites is 1. The van der Waals surface area contributed by atoms with Crippen molar-refractivity contribution in [3.05, 3.63) is 76.5 Å². The van der Waals surface area contributed by atoms with Crippen LogP contribution in [-0.2, 0) is 0 Å². The number of nitrogens with zero attached hydrogens (tertiary/aromatic N) is 5. The molecule has 1 aromatic heterocycles. The average molecular weight is 408 g/mol. The smallest absolute Gasteiger partial charge is 0.269 e. The Morgan fingerprint density at radius 2 is 1.97 bits per heavy atom. The molecule has 3 aromatic rings. The fraction of sp³-hybridized carbons (Fsp3) is 0.150. The van der Waals surface area contributed by atoms with Crippen LogP contribution in [0.15, 0.2) is 71.0 Å². The number of nitro groups is 1. The Morgan fingerprint density at radius 3 is 2.62 bits per heavy atom. The highest BCUT2D eigenvalue weighted by molar-refractivity contribution is 8.13. The zero-order valence-corrected chi connectivity index (χ0v) is 16.6. The Bertz CT molecular complexity index is 1030. The Labute approximate surface area is 172 Å². The summed E-state index contributed by atoms with van der Waals surface area (Å²) < 4.78 is 1.73. The molecule has 9 heteroatoms. The van der Waals surface area contributed by atoms with Crippen molar-refractivity contribution in [2.45, 2.75) is 13.3 Å². The summed E-state index contributed by atoms with van der Waals surface area (Å²) >= 11 is 1.45. The number of rotatable bonds is 7. The van der Waals surface area contributed by atoms with Crippen LogP contribution in [0.25, 0.3) is 16.9 Å². The summed E-state index contributed by atoms with van der Waals surface area (Å²) in [6.07, 6.45) is 4.42. The maximum absolute atomic E-state index is 10.9. The molecule has 0 radical (unpaired) electrons. The topological polar surface area (TPSA) is 112 Å². The molecule has 3 rings (SSSR count). The van der Waals surface area contributed by atoms with Gasteiger partial charge in [0.15, 0.2) is 5.17 Å². The van der Waals surface area contributed by atoms with E-state index in [2.05, 4.69) is 22.2 Å². The minimum atomic E-state index is -0.430. The minimum Gasteiger partial charge on any atom is -0.377 e. The lowest BCUT2D eigenvalue weighted by atomic mass is 10.1. The largest absolute Gasteiger partial charge is 0.377 e. The first-order valence-corrected chi connectivity index (χ1v) is 9.96. The summed E-state index contributed by atoms with van der Waals surface area (Å²) in [7, 11) is 0. The van der Waals surface area contributed by atoms with Crippen molar-refractivity contribution in [1.29, 1.82) is 0 Å². The van der Waals surface area contributed by atoms with Gasteiger partial charge in [-0.2, -0.15) is 10.2 Å². The van der Waals surface area contributed by atoms with E-state index in [1.54, 1.807) is 23.0 Å². The molecule has 0 aliphatic rings. The second-order valence-corrected chi connectivity index (χ2v) is 7.16. The molecule has 2 aromatic carbocycles. The van der Waals surface area contributed by atoms with Gasteiger partial charge in [0, 0.05) is 35.2 Å². The third kappa shape index (κ3) is 5.29. The van der Waals surface area contributed by atoms with Gasteiger partial charge >= 0.3 is 0 Å². The fourth-order valence-corrected chi connectivity index (χ4v) is 3.06. The summed E-state index contributed by atoms with van der Waals surface area (Å²) in [4.78, 5) is 10.5. The van der Waals surface area contributed by atoms with Crippen LogP contribution in [0.3, 0.4) is 0 Å². The molecule has 0 aliphatic heterocycles. The van der Waals surface area contributed by atoms with E-state index in [1.165, 1.54) is 23.9 Å². The lowest BCUT2D eigenvalue weighted by Gasteiger charge is -2.00. The summed E-state index contributed by atoms with van der Waals surface area (Å²) in [5.74, 6) is 0.880.